The molecule has 0 amide bonds. The van der Waals surface area contributed by atoms with E-state index in [0.717, 1.165) is 4.57 Å². The first kappa shape index (κ1) is 20.6. The maximum atomic E-state index is 12.7. The Kier molecular flexibility index (Phi) is 6.32. The molecule has 1 aliphatic heterocycles. The highest BCUT2D eigenvalue weighted by molar-refractivity contribution is 5.75. The van der Waals surface area contributed by atoms with Gasteiger partial charge < -0.3 is 14.2 Å². The fourth-order valence-corrected chi connectivity index (χ4v) is 2.88. The molecule has 148 valence electrons. The van der Waals surface area contributed by atoms with E-state index in [1.807, 2.05) is 0 Å². The first-order valence-electron chi connectivity index (χ1n) is 8.38. The molecule has 0 aliphatic carbocycles. The fraction of sp³-hybridized carbons (Fsp3) is 0.588. The molecule has 0 aromatic carbocycles. The summed E-state index contributed by atoms with van der Waals surface area (Å²) >= 11 is 0. The van der Waals surface area contributed by atoms with Gasteiger partial charge in [0.15, 0.2) is 0 Å². The van der Waals surface area contributed by atoms with E-state index in [-0.39, 0.29) is 30.9 Å². The third kappa shape index (κ3) is 4.91. The maximum Gasteiger partial charge on any atom is 0.333 e. The van der Waals surface area contributed by atoms with Gasteiger partial charge in [0.05, 0.1) is 6.54 Å². The highest BCUT2D eigenvalue weighted by atomic mass is 16.6. The number of aryl methyl sites for hydroxylation is 1. The SMILES string of the molecule is CC(=O)Cn1c(=O)c(C)cn([C@H]2C[C@H](OC(C)=O)[C@@H](COC(C)=O)O2)c1=O. The zero-order valence-electron chi connectivity index (χ0n) is 15.6. The summed E-state index contributed by atoms with van der Waals surface area (Å²) in [6.07, 6.45) is -0.871. The molecule has 1 aromatic rings. The second-order valence-electron chi connectivity index (χ2n) is 6.41. The van der Waals surface area contributed by atoms with Crippen LogP contribution in [-0.2, 0) is 35.1 Å². The van der Waals surface area contributed by atoms with Crippen molar-refractivity contribution in [3.8, 4) is 0 Å². The third-order valence-corrected chi connectivity index (χ3v) is 4.01. The van der Waals surface area contributed by atoms with E-state index >= 15 is 0 Å². The predicted octanol–water partition coefficient (Wildman–Crippen LogP) is -0.310. The number of carbonyl (C=O) groups is 3. The minimum absolute atomic E-state index is 0.128. The van der Waals surface area contributed by atoms with Gasteiger partial charge in [-0.3, -0.25) is 28.3 Å². The molecule has 10 heteroatoms. The van der Waals surface area contributed by atoms with Gasteiger partial charge in [-0.1, -0.05) is 0 Å². The van der Waals surface area contributed by atoms with E-state index in [4.69, 9.17) is 14.2 Å². The molecule has 27 heavy (non-hydrogen) atoms. The van der Waals surface area contributed by atoms with Crippen LogP contribution < -0.4 is 11.2 Å². The first-order valence-corrected chi connectivity index (χ1v) is 8.38. The lowest BCUT2D eigenvalue weighted by Gasteiger charge is -2.18. The normalized spacial score (nSPS) is 21.7. The van der Waals surface area contributed by atoms with Gasteiger partial charge in [-0.25, -0.2) is 4.79 Å². The Hall–Kier alpha value is -2.75. The molecule has 1 aliphatic rings. The Morgan fingerprint density at radius 1 is 1.19 bits per heavy atom. The highest BCUT2D eigenvalue weighted by Gasteiger charge is 2.40. The van der Waals surface area contributed by atoms with E-state index in [2.05, 4.69) is 0 Å². The largest absolute Gasteiger partial charge is 0.463 e. The standard InChI is InChI=1S/C17H22N2O8/c1-9-6-18(17(24)19(16(9)23)7-10(2)20)15-5-13(26-12(4)22)14(27-15)8-25-11(3)21/h6,13-15H,5,7-8H2,1-4H3/t13-,14+,15+/m0/s1. The second-order valence-corrected chi connectivity index (χ2v) is 6.41. The number of aromatic nitrogens is 2. The van der Waals surface area contributed by atoms with Crippen LogP contribution in [0.2, 0.25) is 0 Å². The summed E-state index contributed by atoms with van der Waals surface area (Å²) < 4.78 is 17.9. The number of esters is 2. The molecule has 0 saturated carbocycles. The molecule has 1 saturated heterocycles. The van der Waals surface area contributed by atoms with Gasteiger partial charge >= 0.3 is 17.6 Å². The van der Waals surface area contributed by atoms with E-state index in [9.17, 15) is 24.0 Å². The smallest absolute Gasteiger partial charge is 0.333 e. The van der Waals surface area contributed by atoms with Crippen LogP contribution in [0.15, 0.2) is 15.8 Å². The highest BCUT2D eigenvalue weighted by Crippen LogP contribution is 2.30. The Bertz CT molecular complexity index is 869. The Morgan fingerprint density at radius 2 is 1.85 bits per heavy atom. The number of hydrogen-bond donors (Lipinski definition) is 0. The molecule has 10 nitrogen and oxygen atoms in total. The van der Waals surface area contributed by atoms with Gasteiger partial charge in [-0.15, -0.1) is 0 Å². The zero-order chi connectivity index (χ0) is 20.3. The summed E-state index contributed by atoms with van der Waals surface area (Å²) in [4.78, 5) is 58.6. The maximum absolute atomic E-state index is 12.7. The van der Waals surface area contributed by atoms with Crippen LogP contribution in [0.3, 0.4) is 0 Å². The van der Waals surface area contributed by atoms with Crippen LogP contribution in [0, 0.1) is 6.92 Å². The minimum atomic E-state index is -0.847. The summed E-state index contributed by atoms with van der Waals surface area (Å²) in [6.45, 7) is 4.76. The average Bonchev–Trinajstić information content (AvgIpc) is 2.94. The van der Waals surface area contributed by atoms with Crippen LogP contribution in [-0.4, -0.2) is 45.7 Å². The molecular weight excluding hydrogens is 360 g/mol. The van der Waals surface area contributed by atoms with Gasteiger partial charge in [0.1, 0.15) is 30.8 Å². The Morgan fingerprint density at radius 3 is 2.41 bits per heavy atom. The molecule has 0 N–H and O–H groups in total. The number of carbonyl (C=O) groups excluding carboxylic acids is 3. The van der Waals surface area contributed by atoms with Crippen molar-refractivity contribution in [2.24, 2.45) is 0 Å². The van der Waals surface area contributed by atoms with Crippen molar-refractivity contribution in [3.63, 3.8) is 0 Å². The topological polar surface area (TPSA) is 123 Å². The van der Waals surface area contributed by atoms with Crippen LogP contribution in [0.25, 0.3) is 0 Å². The molecule has 1 aromatic heterocycles. The number of ketones is 1. The quantitative estimate of drug-likeness (QED) is 0.614. The van der Waals surface area contributed by atoms with Gasteiger partial charge in [0.2, 0.25) is 0 Å². The summed E-state index contributed by atoms with van der Waals surface area (Å²) in [5.74, 6) is -1.40. The second kappa shape index (κ2) is 8.30. The van der Waals surface area contributed by atoms with E-state index in [1.54, 1.807) is 0 Å². The van der Waals surface area contributed by atoms with E-state index in [0.29, 0.717) is 0 Å². The number of rotatable bonds is 6. The number of ether oxygens (including phenoxy) is 3. The van der Waals surface area contributed by atoms with Crippen molar-refractivity contribution in [1.82, 2.24) is 9.13 Å². The first-order chi connectivity index (χ1) is 12.6. The zero-order valence-corrected chi connectivity index (χ0v) is 15.6. The molecule has 0 unspecified atom stereocenters. The molecular formula is C17H22N2O8. The Balaban J connectivity index is 2.37. The predicted molar refractivity (Wildman–Crippen MR) is 91.1 cm³/mol. The number of Topliss-reactive ketones (excluding diaryl/α,β-unsaturated/α-hetero) is 1. The molecule has 0 spiro atoms. The van der Waals surface area contributed by atoms with Gasteiger partial charge in [0.25, 0.3) is 5.56 Å². The van der Waals surface area contributed by atoms with Crippen LogP contribution in [0.1, 0.15) is 39.0 Å². The molecule has 2 heterocycles. The van der Waals surface area contributed by atoms with Crippen molar-refractivity contribution < 1.29 is 28.6 Å². The van der Waals surface area contributed by atoms with E-state index in [1.165, 1.54) is 38.5 Å². The van der Waals surface area contributed by atoms with Crippen LogP contribution >= 0.6 is 0 Å². The lowest BCUT2D eigenvalue weighted by molar-refractivity contribution is -0.155. The molecule has 0 bridgehead atoms. The van der Waals surface area contributed by atoms with Crippen molar-refractivity contribution >= 4 is 17.7 Å². The monoisotopic (exact) mass is 382 g/mol. The molecule has 1 fully saturated rings. The molecule has 2 rings (SSSR count). The van der Waals surface area contributed by atoms with Crippen LogP contribution in [0.5, 0.6) is 0 Å². The van der Waals surface area contributed by atoms with Crippen molar-refractivity contribution in [1.29, 1.82) is 0 Å². The lowest BCUT2D eigenvalue weighted by Crippen LogP contribution is -2.43. The van der Waals surface area contributed by atoms with Crippen molar-refractivity contribution in [3.05, 3.63) is 32.6 Å². The fourth-order valence-electron chi connectivity index (χ4n) is 2.88. The van der Waals surface area contributed by atoms with Crippen molar-refractivity contribution in [2.75, 3.05) is 6.61 Å². The van der Waals surface area contributed by atoms with Crippen molar-refractivity contribution in [2.45, 2.75) is 59.1 Å². The van der Waals surface area contributed by atoms with Crippen LogP contribution in [0.4, 0.5) is 0 Å². The third-order valence-electron chi connectivity index (χ3n) is 4.01. The van der Waals surface area contributed by atoms with Gasteiger partial charge in [-0.05, 0) is 13.8 Å². The van der Waals surface area contributed by atoms with E-state index < -0.39 is 41.6 Å². The van der Waals surface area contributed by atoms with Gasteiger partial charge in [0, 0.05) is 32.0 Å². The summed E-state index contributed by atoms with van der Waals surface area (Å²) in [7, 11) is 0. The molecule has 3 atom stereocenters. The lowest BCUT2D eigenvalue weighted by atomic mass is 10.2. The number of hydrogen-bond acceptors (Lipinski definition) is 8. The minimum Gasteiger partial charge on any atom is -0.463 e. The summed E-state index contributed by atoms with van der Waals surface area (Å²) in [6, 6.07) is 0. The Labute approximate surface area is 154 Å². The summed E-state index contributed by atoms with van der Waals surface area (Å²) in [5.41, 5.74) is -1.01. The average molecular weight is 382 g/mol. The number of nitrogens with zero attached hydrogens (tertiary/aromatic N) is 2. The van der Waals surface area contributed by atoms with Gasteiger partial charge in [-0.2, -0.15) is 0 Å². The molecule has 0 radical (unpaired) electrons. The summed E-state index contributed by atoms with van der Waals surface area (Å²) in [5, 5.41) is 0.